The molecule has 0 bridgehead atoms. The minimum absolute atomic E-state index is 0.0602. The van der Waals surface area contributed by atoms with E-state index in [2.05, 4.69) is 32.6 Å². The van der Waals surface area contributed by atoms with Crippen LogP contribution in [0.1, 0.15) is 43.3 Å². The number of hydrogen-bond donors (Lipinski definition) is 2. The quantitative estimate of drug-likeness (QED) is 0.404. The molecule has 6 nitrogen and oxygen atoms in total. The van der Waals surface area contributed by atoms with Gasteiger partial charge in [-0.15, -0.1) is 0 Å². The van der Waals surface area contributed by atoms with Gasteiger partial charge in [0.2, 0.25) is 5.91 Å². The molecule has 2 aromatic heterocycles. The van der Waals surface area contributed by atoms with E-state index >= 15 is 0 Å². The number of rotatable bonds is 7. The lowest BCUT2D eigenvalue weighted by Gasteiger charge is -2.11. The van der Waals surface area contributed by atoms with Gasteiger partial charge < -0.3 is 14.8 Å². The fourth-order valence-corrected chi connectivity index (χ4v) is 3.41. The van der Waals surface area contributed by atoms with Gasteiger partial charge in [-0.25, -0.2) is 0 Å². The van der Waals surface area contributed by atoms with Crippen LogP contribution in [0.3, 0.4) is 0 Å². The van der Waals surface area contributed by atoms with Crippen molar-refractivity contribution in [1.29, 1.82) is 0 Å². The predicted molar refractivity (Wildman–Crippen MR) is 122 cm³/mol. The molecule has 0 aliphatic carbocycles. The summed E-state index contributed by atoms with van der Waals surface area (Å²) in [5.74, 6) is 1.17. The zero-order chi connectivity index (χ0) is 21.8. The minimum atomic E-state index is -0.0602. The second-order valence-electron chi connectivity index (χ2n) is 7.92. The van der Waals surface area contributed by atoms with Gasteiger partial charge in [0.1, 0.15) is 0 Å². The number of carbonyl (C=O) groups is 1. The van der Waals surface area contributed by atoms with Crippen molar-refractivity contribution in [2.75, 3.05) is 5.32 Å². The highest BCUT2D eigenvalue weighted by atomic mass is 16.5. The van der Waals surface area contributed by atoms with Crippen molar-refractivity contribution in [2.24, 2.45) is 0 Å². The van der Waals surface area contributed by atoms with E-state index in [-0.39, 0.29) is 11.8 Å². The van der Waals surface area contributed by atoms with Crippen LogP contribution in [0.15, 0.2) is 65.2 Å². The van der Waals surface area contributed by atoms with Crippen molar-refractivity contribution in [2.45, 2.75) is 39.5 Å². The Bertz CT molecular complexity index is 1180. The van der Waals surface area contributed by atoms with Gasteiger partial charge >= 0.3 is 0 Å². The van der Waals surface area contributed by atoms with Crippen LogP contribution in [-0.4, -0.2) is 21.0 Å². The van der Waals surface area contributed by atoms with Crippen molar-refractivity contribution in [3.63, 3.8) is 0 Å². The molecule has 0 saturated carbocycles. The lowest BCUT2D eigenvalue weighted by atomic mass is 10.1. The highest BCUT2D eigenvalue weighted by Crippen LogP contribution is 2.30. The molecule has 6 heteroatoms. The minimum Gasteiger partial charge on any atom is -0.358 e. The number of amides is 1. The summed E-state index contributed by atoms with van der Waals surface area (Å²) in [6, 6.07) is 20.0. The van der Waals surface area contributed by atoms with Crippen LogP contribution < -0.4 is 5.32 Å². The molecule has 0 radical (unpaired) electrons. The SMILES string of the molecule is Cc1cccc(-c2nc(C(C)C)no2)c1NC(=O)CCc1ccc(-c2ccccc2)[nH]1. The molecule has 1 amide bonds. The summed E-state index contributed by atoms with van der Waals surface area (Å²) in [5.41, 5.74) is 5.60. The zero-order valence-electron chi connectivity index (χ0n) is 18.0. The number of nitrogens with zero attached hydrogens (tertiary/aromatic N) is 2. The van der Waals surface area contributed by atoms with E-state index in [4.69, 9.17) is 4.52 Å². The van der Waals surface area contributed by atoms with Gasteiger partial charge in [0.25, 0.3) is 5.89 Å². The molecular weight excluding hydrogens is 388 g/mol. The summed E-state index contributed by atoms with van der Waals surface area (Å²) in [6.07, 6.45) is 0.988. The molecule has 2 heterocycles. The number of aromatic amines is 1. The molecule has 0 spiro atoms. The monoisotopic (exact) mass is 414 g/mol. The first-order valence-corrected chi connectivity index (χ1v) is 10.5. The van der Waals surface area contributed by atoms with E-state index in [9.17, 15) is 4.79 Å². The number of aryl methyl sites for hydroxylation is 2. The van der Waals surface area contributed by atoms with Crippen molar-refractivity contribution in [3.8, 4) is 22.7 Å². The molecule has 0 fully saturated rings. The third kappa shape index (κ3) is 4.74. The first-order valence-electron chi connectivity index (χ1n) is 10.5. The summed E-state index contributed by atoms with van der Waals surface area (Å²) >= 11 is 0. The lowest BCUT2D eigenvalue weighted by molar-refractivity contribution is -0.116. The summed E-state index contributed by atoms with van der Waals surface area (Å²) in [5, 5.41) is 7.09. The molecular formula is C25H26N4O2. The third-order valence-electron chi connectivity index (χ3n) is 5.18. The number of para-hydroxylation sites is 1. The fourth-order valence-electron chi connectivity index (χ4n) is 3.41. The second kappa shape index (κ2) is 9.00. The molecule has 158 valence electrons. The van der Waals surface area contributed by atoms with Crippen molar-refractivity contribution in [3.05, 3.63) is 77.7 Å². The van der Waals surface area contributed by atoms with Crippen LogP contribution in [0.2, 0.25) is 0 Å². The predicted octanol–water partition coefficient (Wildman–Crippen LogP) is 5.73. The third-order valence-corrected chi connectivity index (χ3v) is 5.18. The van der Waals surface area contributed by atoms with Crippen molar-refractivity contribution < 1.29 is 9.32 Å². The molecule has 0 aliphatic heterocycles. The summed E-state index contributed by atoms with van der Waals surface area (Å²) in [6.45, 7) is 5.98. The maximum Gasteiger partial charge on any atom is 0.260 e. The molecule has 2 aromatic carbocycles. The topological polar surface area (TPSA) is 83.8 Å². The van der Waals surface area contributed by atoms with Gasteiger partial charge in [0.15, 0.2) is 5.82 Å². The Morgan fingerprint density at radius 1 is 1.06 bits per heavy atom. The number of nitrogens with one attached hydrogen (secondary N) is 2. The van der Waals surface area contributed by atoms with E-state index in [1.165, 1.54) is 0 Å². The number of hydrogen-bond acceptors (Lipinski definition) is 4. The van der Waals surface area contributed by atoms with Gasteiger partial charge in [0, 0.05) is 23.7 Å². The average molecular weight is 415 g/mol. The van der Waals surface area contributed by atoms with Crippen LogP contribution in [0, 0.1) is 6.92 Å². The van der Waals surface area contributed by atoms with Gasteiger partial charge in [-0.1, -0.05) is 61.5 Å². The summed E-state index contributed by atoms with van der Waals surface area (Å²) in [4.78, 5) is 20.6. The largest absolute Gasteiger partial charge is 0.358 e. The number of H-pyrrole nitrogens is 1. The number of anilines is 1. The number of carbonyl (C=O) groups excluding carboxylic acids is 1. The zero-order valence-corrected chi connectivity index (χ0v) is 18.0. The smallest absolute Gasteiger partial charge is 0.260 e. The van der Waals surface area contributed by atoms with Crippen LogP contribution in [0.4, 0.5) is 5.69 Å². The fraction of sp³-hybridized carbons (Fsp3) is 0.240. The first kappa shape index (κ1) is 20.6. The Morgan fingerprint density at radius 3 is 2.61 bits per heavy atom. The molecule has 0 atom stereocenters. The van der Waals surface area contributed by atoms with Crippen LogP contribution in [0.25, 0.3) is 22.7 Å². The molecule has 31 heavy (non-hydrogen) atoms. The molecule has 4 rings (SSSR count). The van der Waals surface area contributed by atoms with E-state index < -0.39 is 0 Å². The van der Waals surface area contributed by atoms with Gasteiger partial charge in [-0.2, -0.15) is 4.98 Å². The van der Waals surface area contributed by atoms with E-state index in [0.717, 1.165) is 28.1 Å². The van der Waals surface area contributed by atoms with Gasteiger partial charge in [-0.3, -0.25) is 4.79 Å². The Balaban J connectivity index is 1.45. The Kier molecular flexibility index (Phi) is 5.98. The summed E-state index contributed by atoms with van der Waals surface area (Å²) < 4.78 is 5.45. The van der Waals surface area contributed by atoms with E-state index in [1.807, 2.05) is 69.3 Å². The standard InChI is InChI=1S/C25H26N4O2/c1-16(2)24-28-25(31-29-24)20-11-7-8-17(3)23(20)27-22(30)15-13-19-12-14-21(26-19)18-9-5-4-6-10-18/h4-12,14,16,26H,13,15H2,1-3H3,(H,27,30). The first-order chi connectivity index (χ1) is 15.0. The van der Waals surface area contributed by atoms with E-state index in [1.54, 1.807) is 0 Å². The van der Waals surface area contributed by atoms with Crippen LogP contribution >= 0.6 is 0 Å². The number of aromatic nitrogens is 3. The number of benzene rings is 2. The van der Waals surface area contributed by atoms with Crippen molar-refractivity contribution >= 4 is 11.6 Å². The average Bonchev–Trinajstić information content (AvgIpc) is 3.44. The van der Waals surface area contributed by atoms with Crippen LogP contribution in [0.5, 0.6) is 0 Å². The Hall–Kier alpha value is -3.67. The Morgan fingerprint density at radius 2 is 1.87 bits per heavy atom. The Labute approximate surface area is 181 Å². The highest BCUT2D eigenvalue weighted by molar-refractivity contribution is 5.95. The molecule has 4 aromatic rings. The summed E-state index contributed by atoms with van der Waals surface area (Å²) in [7, 11) is 0. The lowest BCUT2D eigenvalue weighted by Crippen LogP contribution is -2.14. The van der Waals surface area contributed by atoms with Gasteiger partial charge in [-0.05, 0) is 42.7 Å². The van der Waals surface area contributed by atoms with Crippen molar-refractivity contribution in [1.82, 2.24) is 15.1 Å². The van der Waals surface area contributed by atoms with Crippen LogP contribution in [-0.2, 0) is 11.2 Å². The molecule has 0 unspecified atom stereocenters. The molecule has 0 saturated heterocycles. The normalized spacial score (nSPS) is 11.1. The van der Waals surface area contributed by atoms with Gasteiger partial charge in [0.05, 0.1) is 11.3 Å². The highest BCUT2D eigenvalue weighted by Gasteiger charge is 2.17. The van der Waals surface area contributed by atoms with E-state index in [0.29, 0.717) is 30.2 Å². The second-order valence-corrected chi connectivity index (χ2v) is 7.92. The maximum atomic E-state index is 12.7. The molecule has 0 aliphatic rings. The maximum absolute atomic E-state index is 12.7. The molecule has 2 N–H and O–H groups in total.